The minimum Gasteiger partial charge on any atom is -0.453 e. The summed E-state index contributed by atoms with van der Waals surface area (Å²) in [7, 11) is 0. The van der Waals surface area contributed by atoms with Gasteiger partial charge in [-0.1, -0.05) is 6.08 Å². The summed E-state index contributed by atoms with van der Waals surface area (Å²) >= 11 is 3.34. The van der Waals surface area contributed by atoms with E-state index in [1.807, 2.05) is 18.2 Å². The van der Waals surface area contributed by atoms with Crippen molar-refractivity contribution in [1.29, 1.82) is 0 Å². The SMILES string of the molecule is Fc1cnc2c(c1)N(CCN1CCC(NCc3ccc(Br)o3)CC1)CC=C2. The molecule has 1 fully saturated rings. The van der Waals surface area contributed by atoms with Gasteiger partial charge in [-0.2, -0.15) is 0 Å². The molecule has 0 aromatic carbocycles. The van der Waals surface area contributed by atoms with Crippen LogP contribution in [0.1, 0.15) is 24.3 Å². The van der Waals surface area contributed by atoms with Gasteiger partial charge in [0.05, 0.1) is 24.1 Å². The van der Waals surface area contributed by atoms with E-state index in [0.717, 1.165) is 73.9 Å². The summed E-state index contributed by atoms with van der Waals surface area (Å²) in [5, 5.41) is 3.59. The van der Waals surface area contributed by atoms with Gasteiger partial charge in [0.25, 0.3) is 0 Å². The molecule has 0 aliphatic carbocycles. The molecule has 2 aliphatic heterocycles. The largest absolute Gasteiger partial charge is 0.453 e. The Kier molecular flexibility index (Phi) is 5.90. The Hall–Kier alpha value is -1.70. The van der Waals surface area contributed by atoms with Crippen LogP contribution in [0.15, 0.2) is 39.6 Å². The monoisotopic (exact) mass is 434 g/mol. The van der Waals surface area contributed by atoms with Gasteiger partial charge in [-0.25, -0.2) is 4.39 Å². The molecule has 0 saturated carbocycles. The first-order valence-electron chi connectivity index (χ1n) is 9.44. The third kappa shape index (κ3) is 4.78. The minimum atomic E-state index is -0.274. The number of fused-ring (bicyclic) bond motifs is 1. The van der Waals surface area contributed by atoms with Crippen LogP contribution in [0, 0.1) is 5.82 Å². The number of hydrogen-bond donors (Lipinski definition) is 1. The zero-order chi connectivity index (χ0) is 18.6. The first-order valence-corrected chi connectivity index (χ1v) is 10.2. The van der Waals surface area contributed by atoms with Crippen molar-refractivity contribution in [2.24, 2.45) is 0 Å². The van der Waals surface area contributed by atoms with Gasteiger partial charge in [0.15, 0.2) is 4.67 Å². The molecule has 0 bridgehead atoms. The van der Waals surface area contributed by atoms with E-state index in [0.29, 0.717) is 6.04 Å². The van der Waals surface area contributed by atoms with Crippen LogP contribution in [0.5, 0.6) is 0 Å². The number of likely N-dealkylation sites (tertiary alicyclic amines) is 1. The van der Waals surface area contributed by atoms with E-state index < -0.39 is 0 Å². The van der Waals surface area contributed by atoms with E-state index in [4.69, 9.17) is 4.42 Å². The highest BCUT2D eigenvalue weighted by Gasteiger charge is 2.21. The number of pyridine rings is 1. The topological polar surface area (TPSA) is 44.5 Å². The highest BCUT2D eigenvalue weighted by atomic mass is 79.9. The maximum atomic E-state index is 13.6. The van der Waals surface area contributed by atoms with Crippen LogP contribution >= 0.6 is 15.9 Å². The van der Waals surface area contributed by atoms with Gasteiger partial charge >= 0.3 is 0 Å². The molecule has 27 heavy (non-hydrogen) atoms. The Morgan fingerprint density at radius 3 is 2.89 bits per heavy atom. The minimum absolute atomic E-state index is 0.274. The second-order valence-corrected chi connectivity index (χ2v) is 7.89. The molecule has 0 atom stereocenters. The van der Waals surface area contributed by atoms with Crippen LogP contribution in [0.3, 0.4) is 0 Å². The van der Waals surface area contributed by atoms with Crippen LogP contribution in [-0.4, -0.2) is 48.6 Å². The third-order valence-corrected chi connectivity index (χ3v) is 5.70. The van der Waals surface area contributed by atoms with E-state index in [9.17, 15) is 4.39 Å². The van der Waals surface area contributed by atoms with Crippen molar-refractivity contribution in [1.82, 2.24) is 15.2 Å². The molecule has 0 unspecified atom stereocenters. The number of anilines is 1. The van der Waals surface area contributed by atoms with E-state index >= 15 is 0 Å². The van der Waals surface area contributed by atoms with Crippen LogP contribution in [-0.2, 0) is 6.54 Å². The summed E-state index contributed by atoms with van der Waals surface area (Å²) in [5.74, 6) is 0.687. The molecule has 0 amide bonds. The summed E-state index contributed by atoms with van der Waals surface area (Å²) in [4.78, 5) is 8.89. The predicted octanol–water partition coefficient (Wildman–Crippen LogP) is 3.66. The van der Waals surface area contributed by atoms with Crippen molar-refractivity contribution >= 4 is 27.7 Å². The summed E-state index contributed by atoms with van der Waals surface area (Å²) in [6, 6.07) is 6.04. The fourth-order valence-corrected chi connectivity index (χ4v) is 4.08. The van der Waals surface area contributed by atoms with E-state index in [1.54, 1.807) is 6.07 Å². The van der Waals surface area contributed by atoms with Gasteiger partial charge in [0, 0.05) is 31.7 Å². The van der Waals surface area contributed by atoms with Gasteiger partial charge < -0.3 is 19.5 Å². The van der Waals surface area contributed by atoms with Crippen LogP contribution < -0.4 is 10.2 Å². The summed E-state index contributed by atoms with van der Waals surface area (Å²) in [6.45, 7) is 5.62. The number of rotatable bonds is 6. The zero-order valence-corrected chi connectivity index (χ0v) is 16.8. The van der Waals surface area contributed by atoms with Gasteiger partial charge in [0.2, 0.25) is 0 Å². The molecular weight excluding hydrogens is 411 g/mol. The molecule has 4 rings (SSSR count). The summed E-state index contributed by atoms with van der Waals surface area (Å²) in [6.07, 6.45) is 7.62. The quantitative estimate of drug-likeness (QED) is 0.751. The average molecular weight is 435 g/mol. The maximum Gasteiger partial charge on any atom is 0.169 e. The molecule has 1 N–H and O–H groups in total. The smallest absolute Gasteiger partial charge is 0.169 e. The van der Waals surface area contributed by atoms with Crippen molar-refractivity contribution in [3.8, 4) is 0 Å². The molecule has 2 aromatic heterocycles. The first-order chi connectivity index (χ1) is 13.2. The molecule has 5 nitrogen and oxygen atoms in total. The molecule has 7 heteroatoms. The Balaban J connectivity index is 1.22. The molecule has 2 aromatic rings. The number of nitrogens with zero attached hydrogens (tertiary/aromatic N) is 3. The second-order valence-electron chi connectivity index (χ2n) is 7.11. The average Bonchev–Trinajstić information content (AvgIpc) is 3.11. The lowest BCUT2D eigenvalue weighted by Gasteiger charge is -2.35. The van der Waals surface area contributed by atoms with Crippen molar-refractivity contribution < 1.29 is 8.81 Å². The molecule has 4 heterocycles. The van der Waals surface area contributed by atoms with Crippen molar-refractivity contribution in [2.75, 3.05) is 37.6 Å². The van der Waals surface area contributed by atoms with Gasteiger partial charge in [-0.3, -0.25) is 4.98 Å². The molecule has 0 radical (unpaired) electrons. The zero-order valence-electron chi connectivity index (χ0n) is 15.2. The first kappa shape index (κ1) is 18.7. The van der Waals surface area contributed by atoms with Crippen LogP contribution in [0.4, 0.5) is 10.1 Å². The normalized spacial score (nSPS) is 18.1. The lowest BCUT2D eigenvalue weighted by Crippen LogP contribution is -2.45. The highest BCUT2D eigenvalue weighted by Crippen LogP contribution is 2.24. The molecular formula is C20H24BrFN4O. The van der Waals surface area contributed by atoms with E-state index in [2.05, 4.69) is 42.1 Å². The van der Waals surface area contributed by atoms with Crippen molar-refractivity contribution in [3.05, 3.63) is 52.4 Å². The number of piperidine rings is 1. The Morgan fingerprint density at radius 2 is 2.11 bits per heavy atom. The lowest BCUT2D eigenvalue weighted by molar-refractivity contribution is 0.199. The Labute approximate surface area is 167 Å². The number of hydrogen-bond acceptors (Lipinski definition) is 5. The Morgan fingerprint density at radius 1 is 1.26 bits per heavy atom. The highest BCUT2D eigenvalue weighted by molar-refractivity contribution is 9.10. The molecule has 2 aliphatic rings. The van der Waals surface area contributed by atoms with Crippen LogP contribution in [0.2, 0.25) is 0 Å². The van der Waals surface area contributed by atoms with Crippen LogP contribution in [0.25, 0.3) is 6.08 Å². The number of halogens is 2. The second kappa shape index (κ2) is 8.54. The number of nitrogens with one attached hydrogen (secondary N) is 1. The fourth-order valence-electron chi connectivity index (χ4n) is 3.74. The third-order valence-electron chi connectivity index (χ3n) is 5.27. The fraction of sp³-hybridized carbons (Fsp3) is 0.450. The summed E-state index contributed by atoms with van der Waals surface area (Å²) in [5.41, 5.74) is 1.76. The number of furan rings is 1. The van der Waals surface area contributed by atoms with Gasteiger partial charge in [-0.05, 0) is 60.1 Å². The molecule has 0 spiro atoms. The Bertz CT molecular complexity index is 801. The van der Waals surface area contributed by atoms with E-state index in [-0.39, 0.29) is 5.82 Å². The maximum absolute atomic E-state index is 13.6. The standard InChI is InChI=1S/C20H24BrFN4O/c21-20-4-3-17(27-20)14-23-16-5-8-25(9-6-16)10-11-26-7-1-2-18-19(26)12-15(22)13-24-18/h1-4,12-13,16,23H,5-11,14H2. The van der Waals surface area contributed by atoms with Gasteiger partial charge in [0.1, 0.15) is 11.6 Å². The van der Waals surface area contributed by atoms with Crippen molar-refractivity contribution in [2.45, 2.75) is 25.4 Å². The molecule has 144 valence electrons. The summed E-state index contributed by atoms with van der Waals surface area (Å²) < 4.78 is 19.9. The van der Waals surface area contributed by atoms with Gasteiger partial charge in [-0.15, -0.1) is 0 Å². The predicted molar refractivity (Wildman–Crippen MR) is 108 cm³/mol. The lowest BCUT2D eigenvalue weighted by atomic mass is 10.0. The van der Waals surface area contributed by atoms with E-state index in [1.165, 1.54) is 6.20 Å². The van der Waals surface area contributed by atoms with Crippen molar-refractivity contribution in [3.63, 3.8) is 0 Å². The molecule has 1 saturated heterocycles. The number of aromatic nitrogens is 1.